The van der Waals surface area contributed by atoms with Gasteiger partial charge in [0.15, 0.2) is 0 Å². The van der Waals surface area contributed by atoms with Crippen LogP contribution in [0.25, 0.3) is 0 Å². The molecule has 0 aliphatic carbocycles. The van der Waals surface area contributed by atoms with E-state index >= 15 is 0 Å². The second-order valence-corrected chi connectivity index (χ2v) is 7.02. The summed E-state index contributed by atoms with van der Waals surface area (Å²) in [7, 11) is 0. The summed E-state index contributed by atoms with van der Waals surface area (Å²) < 4.78 is 5.26. The van der Waals surface area contributed by atoms with Crippen LogP contribution in [-0.4, -0.2) is 52.8 Å². The number of aliphatic hydroxyl groups is 1. The molecule has 1 saturated heterocycles. The molecule has 2 N–H and O–H groups in total. The fourth-order valence-electron chi connectivity index (χ4n) is 2.61. The standard InChI is InChI=1S/C16H30N2O4/c1-6-11(2)13(17-15(21)22-16(3,4)5)14(20)18-9-7-8-12(18)10-19/h11-13,19H,6-10H2,1-5H3,(H,17,21)/t11-,12-,13-/m0/s1. The Labute approximate surface area is 133 Å². The number of likely N-dealkylation sites (tertiary alicyclic amines) is 1. The van der Waals surface area contributed by atoms with E-state index in [1.165, 1.54) is 0 Å². The number of amides is 2. The Balaban J connectivity index is 2.80. The molecule has 0 saturated carbocycles. The Morgan fingerprint density at radius 2 is 2.05 bits per heavy atom. The average molecular weight is 314 g/mol. The van der Waals surface area contributed by atoms with E-state index in [0.717, 1.165) is 19.3 Å². The van der Waals surface area contributed by atoms with Crippen molar-refractivity contribution in [2.24, 2.45) is 5.92 Å². The summed E-state index contributed by atoms with van der Waals surface area (Å²) in [6.45, 7) is 9.87. The molecule has 0 unspecified atom stereocenters. The maximum Gasteiger partial charge on any atom is 0.408 e. The molecule has 0 aromatic rings. The fourth-order valence-corrected chi connectivity index (χ4v) is 2.61. The van der Waals surface area contributed by atoms with Gasteiger partial charge in [-0.3, -0.25) is 4.79 Å². The quantitative estimate of drug-likeness (QED) is 0.812. The van der Waals surface area contributed by atoms with Gasteiger partial charge in [-0.2, -0.15) is 0 Å². The number of nitrogens with zero attached hydrogens (tertiary/aromatic N) is 1. The Kier molecular flexibility index (Phi) is 6.66. The molecule has 6 heteroatoms. The van der Waals surface area contributed by atoms with Crippen molar-refractivity contribution in [1.82, 2.24) is 10.2 Å². The third kappa shape index (κ3) is 5.16. The minimum absolute atomic E-state index is 0.0000359. The summed E-state index contributed by atoms with van der Waals surface area (Å²) in [5, 5.41) is 12.1. The molecule has 1 rings (SSSR count). The molecule has 1 aliphatic heterocycles. The largest absolute Gasteiger partial charge is 0.444 e. The summed E-state index contributed by atoms with van der Waals surface area (Å²) in [6.07, 6.45) is 1.88. The molecule has 0 aromatic heterocycles. The highest BCUT2D eigenvalue weighted by molar-refractivity contribution is 5.86. The molecule has 128 valence electrons. The van der Waals surface area contributed by atoms with Crippen molar-refractivity contribution in [2.75, 3.05) is 13.2 Å². The summed E-state index contributed by atoms with van der Waals surface area (Å²) >= 11 is 0. The predicted molar refractivity (Wildman–Crippen MR) is 84.4 cm³/mol. The molecule has 3 atom stereocenters. The maximum atomic E-state index is 12.8. The molecule has 6 nitrogen and oxygen atoms in total. The summed E-state index contributed by atoms with van der Waals surface area (Å²) in [6, 6.07) is -0.758. The van der Waals surface area contributed by atoms with Crippen LogP contribution in [0.5, 0.6) is 0 Å². The van der Waals surface area contributed by atoms with Crippen LogP contribution in [0.1, 0.15) is 53.9 Å². The fraction of sp³-hybridized carbons (Fsp3) is 0.875. The SMILES string of the molecule is CC[C@H](C)[C@H](NC(=O)OC(C)(C)C)C(=O)N1CCC[C@H]1CO. The molecule has 0 aromatic carbocycles. The van der Waals surface area contributed by atoms with Crippen LogP contribution in [-0.2, 0) is 9.53 Å². The zero-order valence-electron chi connectivity index (χ0n) is 14.4. The van der Waals surface area contributed by atoms with Crippen molar-refractivity contribution in [2.45, 2.75) is 71.6 Å². The molecular formula is C16H30N2O4. The normalized spacial score (nSPS) is 21.4. The van der Waals surface area contributed by atoms with Crippen LogP contribution in [0.15, 0.2) is 0 Å². The van der Waals surface area contributed by atoms with Crippen LogP contribution in [0.2, 0.25) is 0 Å². The first-order valence-electron chi connectivity index (χ1n) is 8.10. The van der Waals surface area contributed by atoms with E-state index in [-0.39, 0.29) is 24.5 Å². The predicted octanol–water partition coefficient (Wildman–Crippen LogP) is 1.91. The molecular weight excluding hydrogens is 284 g/mol. The zero-order chi connectivity index (χ0) is 16.9. The molecule has 2 amide bonds. The van der Waals surface area contributed by atoms with Gasteiger partial charge in [0, 0.05) is 6.54 Å². The van der Waals surface area contributed by atoms with Crippen molar-refractivity contribution >= 4 is 12.0 Å². The molecule has 0 bridgehead atoms. The van der Waals surface area contributed by atoms with E-state index in [1.807, 2.05) is 13.8 Å². The second-order valence-electron chi connectivity index (χ2n) is 7.02. The summed E-state index contributed by atoms with van der Waals surface area (Å²) in [5.41, 5.74) is -0.603. The number of carbonyl (C=O) groups is 2. The first-order valence-corrected chi connectivity index (χ1v) is 8.10. The lowest BCUT2D eigenvalue weighted by atomic mass is 9.97. The lowest BCUT2D eigenvalue weighted by Gasteiger charge is -2.31. The van der Waals surface area contributed by atoms with Crippen LogP contribution < -0.4 is 5.32 Å². The number of hydrogen-bond donors (Lipinski definition) is 2. The van der Waals surface area contributed by atoms with Gasteiger partial charge >= 0.3 is 6.09 Å². The van der Waals surface area contributed by atoms with E-state index in [1.54, 1.807) is 25.7 Å². The van der Waals surface area contributed by atoms with Gasteiger partial charge in [0.25, 0.3) is 0 Å². The van der Waals surface area contributed by atoms with Crippen LogP contribution in [0, 0.1) is 5.92 Å². The van der Waals surface area contributed by atoms with Gasteiger partial charge in [0.05, 0.1) is 12.6 Å². The third-order valence-corrected chi connectivity index (χ3v) is 4.02. The molecule has 0 radical (unpaired) electrons. The number of hydrogen-bond acceptors (Lipinski definition) is 4. The molecule has 1 aliphatic rings. The first-order chi connectivity index (χ1) is 10.2. The van der Waals surface area contributed by atoms with E-state index in [9.17, 15) is 14.7 Å². The highest BCUT2D eigenvalue weighted by Crippen LogP contribution is 2.21. The number of carbonyl (C=O) groups excluding carboxylic acids is 2. The van der Waals surface area contributed by atoms with Crippen molar-refractivity contribution in [1.29, 1.82) is 0 Å². The zero-order valence-corrected chi connectivity index (χ0v) is 14.4. The van der Waals surface area contributed by atoms with E-state index in [4.69, 9.17) is 4.74 Å². The number of aliphatic hydroxyl groups excluding tert-OH is 1. The number of ether oxygens (including phenoxy) is 1. The Bertz CT molecular complexity index is 392. The van der Waals surface area contributed by atoms with Crippen molar-refractivity contribution in [3.05, 3.63) is 0 Å². The molecule has 1 heterocycles. The highest BCUT2D eigenvalue weighted by atomic mass is 16.6. The Morgan fingerprint density at radius 1 is 1.41 bits per heavy atom. The van der Waals surface area contributed by atoms with Gasteiger partial charge in [-0.15, -0.1) is 0 Å². The van der Waals surface area contributed by atoms with Crippen LogP contribution in [0.4, 0.5) is 4.79 Å². The van der Waals surface area contributed by atoms with E-state index < -0.39 is 17.7 Å². The van der Waals surface area contributed by atoms with E-state index in [2.05, 4.69) is 5.32 Å². The maximum absolute atomic E-state index is 12.8. The number of alkyl carbamates (subject to hydrolysis) is 1. The minimum atomic E-state index is -0.619. The Morgan fingerprint density at radius 3 is 2.55 bits per heavy atom. The molecule has 22 heavy (non-hydrogen) atoms. The topological polar surface area (TPSA) is 78.9 Å². The first kappa shape index (κ1) is 18.7. The summed E-state index contributed by atoms with van der Waals surface area (Å²) in [5.74, 6) is -0.128. The number of rotatable bonds is 5. The van der Waals surface area contributed by atoms with Gasteiger partial charge in [0.1, 0.15) is 11.6 Å². The van der Waals surface area contributed by atoms with Crippen LogP contribution >= 0.6 is 0 Å². The minimum Gasteiger partial charge on any atom is -0.444 e. The van der Waals surface area contributed by atoms with Crippen molar-refractivity contribution < 1.29 is 19.4 Å². The monoisotopic (exact) mass is 314 g/mol. The highest BCUT2D eigenvalue weighted by Gasteiger charge is 2.36. The lowest BCUT2D eigenvalue weighted by molar-refractivity contribution is -0.136. The van der Waals surface area contributed by atoms with Gasteiger partial charge in [0.2, 0.25) is 5.91 Å². The van der Waals surface area contributed by atoms with Gasteiger partial charge in [-0.25, -0.2) is 4.79 Å². The Hall–Kier alpha value is -1.30. The smallest absolute Gasteiger partial charge is 0.408 e. The van der Waals surface area contributed by atoms with Gasteiger partial charge in [-0.05, 0) is 39.5 Å². The van der Waals surface area contributed by atoms with Crippen LogP contribution in [0.3, 0.4) is 0 Å². The molecule has 1 fully saturated rings. The summed E-state index contributed by atoms with van der Waals surface area (Å²) in [4.78, 5) is 26.5. The lowest BCUT2D eigenvalue weighted by Crippen LogP contribution is -2.54. The third-order valence-electron chi connectivity index (χ3n) is 4.02. The van der Waals surface area contributed by atoms with Crippen molar-refractivity contribution in [3.63, 3.8) is 0 Å². The molecule has 0 spiro atoms. The van der Waals surface area contributed by atoms with E-state index in [0.29, 0.717) is 6.54 Å². The number of nitrogens with one attached hydrogen (secondary N) is 1. The van der Waals surface area contributed by atoms with Crippen molar-refractivity contribution in [3.8, 4) is 0 Å². The van der Waals surface area contributed by atoms with Gasteiger partial charge in [-0.1, -0.05) is 20.3 Å². The average Bonchev–Trinajstić information content (AvgIpc) is 2.89. The van der Waals surface area contributed by atoms with Gasteiger partial charge < -0.3 is 20.1 Å². The second kappa shape index (κ2) is 7.81.